The van der Waals surface area contributed by atoms with Gasteiger partial charge in [0.15, 0.2) is 0 Å². The first-order valence-electron chi connectivity index (χ1n) is 5.06. The molecule has 0 unspecified atom stereocenters. The summed E-state index contributed by atoms with van der Waals surface area (Å²) in [6, 6.07) is 7.96. The van der Waals surface area contributed by atoms with Gasteiger partial charge < -0.3 is 5.43 Å². The fraction of sp³-hybridized carbons (Fsp3) is 0. The molecule has 1 aromatic rings. The standard InChI is InChI=1S/C13H10N2O/c14-15-12-6-5-10-9-4-2-1-3-8(9)7-11(10)13(12)16/h1-7,15H,14H2. The number of hydrogen-bond donors (Lipinski definition) is 2. The first-order chi connectivity index (χ1) is 7.81. The fourth-order valence-corrected chi connectivity index (χ4v) is 2.12. The van der Waals surface area contributed by atoms with E-state index in [0.717, 1.165) is 22.3 Å². The molecular weight excluding hydrogens is 200 g/mol. The Hall–Kier alpha value is -2.13. The lowest BCUT2D eigenvalue weighted by Crippen LogP contribution is -2.28. The summed E-state index contributed by atoms with van der Waals surface area (Å²) in [4.78, 5) is 12.0. The SMILES string of the molecule is NNC1=CC=C2C(=Cc3ccccc32)C1=O. The number of nitrogens with one attached hydrogen (secondary N) is 1. The number of ketones is 1. The van der Waals surface area contributed by atoms with E-state index < -0.39 is 0 Å². The van der Waals surface area contributed by atoms with Crippen LogP contribution in [-0.4, -0.2) is 5.78 Å². The number of benzene rings is 1. The molecule has 0 heterocycles. The van der Waals surface area contributed by atoms with Gasteiger partial charge in [-0.05, 0) is 28.9 Å². The van der Waals surface area contributed by atoms with Crippen molar-refractivity contribution in [2.24, 2.45) is 5.84 Å². The van der Waals surface area contributed by atoms with E-state index in [1.165, 1.54) is 0 Å². The minimum atomic E-state index is -0.0452. The minimum absolute atomic E-state index is 0.0452. The minimum Gasteiger partial charge on any atom is -0.321 e. The first-order valence-corrected chi connectivity index (χ1v) is 5.06. The van der Waals surface area contributed by atoms with Gasteiger partial charge in [0.25, 0.3) is 0 Å². The molecule has 0 atom stereocenters. The topological polar surface area (TPSA) is 55.1 Å². The molecule has 2 aliphatic carbocycles. The van der Waals surface area contributed by atoms with Crippen LogP contribution in [0, 0.1) is 0 Å². The number of hydrogen-bond acceptors (Lipinski definition) is 3. The van der Waals surface area contributed by atoms with Gasteiger partial charge in [-0.15, -0.1) is 0 Å². The van der Waals surface area contributed by atoms with Crippen LogP contribution >= 0.6 is 0 Å². The summed E-state index contributed by atoms with van der Waals surface area (Å²) >= 11 is 0. The molecule has 3 rings (SSSR count). The molecule has 78 valence electrons. The van der Waals surface area contributed by atoms with Crippen LogP contribution in [0.1, 0.15) is 11.1 Å². The highest BCUT2D eigenvalue weighted by molar-refractivity contribution is 6.25. The van der Waals surface area contributed by atoms with E-state index >= 15 is 0 Å². The number of hydrazine groups is 1. The van der Waals surface area contributed by atoms with Crippen molar-refractivity contribution in [3.05, 3.63) is 58.8 Å². The molecule has 2 aliphatic rings. The van der Waals surface area contributed by atoms with E-state index in [1.807, 2.05) is 36.4 Å². The van der Waals surface area contributed by atoms with Crippen molar-refractivity contribution in [3.8, 4) is 0 Å². The summed E-state index contributed by atoms with van der Waals surface area (Å²) < 4.78 is 0. The molecular formula is C13H10N2O. The molecule has 0 aromatic heterocycles. The normalized spacial score (nSPS) is 17.1. The Morgan fingerprint density at radius 3 is 2.69 bits per heavy atom. The zero-order valence-corrected chi connectivity index (χ0v) is 8.53. The van der Waals surface area contributed by atoms with E-state index in [4.69, 9.17) is 5.84 Å². The van der Waals surface area contributed by atoms with Crippen molar-refractivity contribution < 1.29 is 4.79 Å². The third-order valence-corrected chi connectivity index (χ3v) is 2.90. The predicted molar refractivity (Wildman–Crippen MR) is 62.8 cm³/mol. The number of allylic oxidation sites excluding steroid dienone is 4. The monoisotopic (exact) mass is 210 g/mol. The van der Waals surface area contributed by atoms with Gasteiger partial charge in [-0.25, -0.2) is 0 Å². The highest BCUT2D eigenvalue weighted by Gasteiger charge is 2.27. The van der Waals surface area contributed by atoms with Crippen molar-refractivity contribution >= 4 is 17.4 Å². The number of Topliss-reactive ketones (excluding diaryl/α,β-unsaturated/α-hetero) is 1. The van der Waals surface area contributed by atoms with Crippen molar-refractivity contribution in [2.75, 3.05) is 0 Å². The van der Waals surface area contributed by atoms with Crippen molar-refractivity contribution in [1.82, 2.24) is 5.43 Å². The maximum atomic E-state index is 12.0. The third kappa shape index (κ3) is 1.09. The Balaban J connectivity index is 2.19. The zero-order chi connectivity index (χ0) is 11.1. The molecule has 0 fully saturated rings. The molecule has 3 heteroatoms. The first kappa shape index (κ1) is 9.12. The summed E-state index contributed by atoms with van der Waals surface area (Å²) in [5, 5.41) is 0. The molecule has 0 aliphatic heterocycles. The summed E-state index contributed by atoms with van der Waals surface area (Å²) in [7, 11) is 0. The molecule has 0 radical (unpaired) electrons. The summed E-state index contributed by atoms with van der Waals surface area (Å²) in [6.07, 6.45) is 5.55. The van der Waals surface area contributed by atoms with E-state index in [9.17, 15) is 4.79 Å². The summed E-state index contributed by atoms with van der Waals surface area (Å²) in [5.74, 6) is 5.24. The number of rotatable bonds is 1. The van der Waals surface area contributed by atoms with E-state index in [0.29, 0.717) is 5.70 Å². The van der Waals surface area contributed by atoms with Crippen LogP contribution in [-0.2, 0) is 4.79 Å². The lowest BCUT2D eigenvalue weighted by Gasteiger charge is -2.12. The summed E-state index contributed by atoms with van der Waals surface area (Å²) in [6.45, 7) is 0. The van der Waals surface area contributed by atoms with Gasteiger partial charge in [0.05, 0.1) is 5.70 Å². The average molecular weight is 210 g/mol. The van der Waals surface area contributed by atoms with Gasteiger partial charge in [-0.3, -0.25) is 10.6 Å². The maximum Gasteiger partial charge on any atom is 0.210 e. The fourth-order valence-electron chi connectivity index (χ4n) is 2.12. The third-order valence-electron chi connectivity index (χ3n) is 2.90. The van der Waals surface area contributed by atoms with Crippen molar-refractivity contribution in [2.45, 2.75) is 0 Å². The Labute approximate surface area is 92.9 Å². The molecule has 0 saturated heterocycles. The Bertz CT molecular complexity index is 579. The van der Waals surface area contributed by atoms with Gasteiger partial charge in [-0.1, -0.05) is 30.3 Å². The number of fused-ring (bicyclic) bond motifs is 3. The highest BCUT2D eigenvalue weighted by atomic mass is 16.1. The Kier molecular flexibility index (Phi) is 1.81. The molecule has 0 spiro atoms. The zero-order valence-electron chi connectivity index (χ0n) is 8.53. The second-order valence-electron chi connectivity index (χ2n) is 3.78. The molecule has 0 amide bonds. The van der Waals surface area contributed by atoms with Crippen LogP contribution in [0.4, 0.5) is 0 Å². The lowest BCUT2D eigenvalue weighted by atomic mass is 9.94. The van der Waals surface area contributed by atoms with Crippen molar-refractivity contribution in [3.63, 3.8) is 0 Å². The van der Waals surface area contributed by atoms with E-state index in [2.05, 4.69) is 5.43 Å². The van der Waals surface area contributed by atoms with Crippen LogP contribution in [0.3, 0.4) is 0 Å². The summed E-state index contributed by atoms with van der Waals surface area (Å²) in [5.41, 5.74) is 6.75. The van der Waals surface area contributed by atoms with Gasteiger partial charge in [-0.2, -0.15) is 0 Å². The highest BCUT2D eigenvalue weighted by Crippen LogP contribution is 2.38. The van der Waals surface area contributed by atoms with Gasteiger partial charge in [0.1, 0.15) is 0 Å². The quantitative estimate of drug-likeness (QED) is 0.544. The van der Waals surface area contributed by atoms with Crippen LogP contribution in [0.25, 0.3) is 11.6 Å². The molecule has 3 N–H and O–H groups in total. The van der Waals surface area contributed by atoms with Gasteiger partial charge in [0, 0.05) is 5.57 Å². The average Bonchev–Trinajstić information content (AvgIpc) is 2.69. The number of carbonyl (C=O) groups is 1. The lowest BCUT2D eigenvalue weighted by molar-refractivity contribution is -0.112. The van der Waals surface area contributed by atoms with Crippen LogP contribution in [0.5, 0.6) is 0 Å². The van der Waals surface area contributed by atoms with E-state index in [-0.39, 0.29) is 5.78 Å². The molecule has 3 nitrogen and oxygen atoms in total. The number of carbonyl (C=O) groups excluding carboxylic acids is 1. The van der Waals surface area contributed by atoms with Crippen molar-refractivity contribution in [1.29, 1.82) is 0 Å². The van der Waals surface area contributed by atoms with Crippen LogP contribution < -0.4 is 11.3 Å². The molecule has 16 heavy (non-hydrogen) atoms. The van der Waals surface area contributed by atoms with Crippen LogP contribution in [0.2, 0.25) is 0 Å². The Morgan fingerprint density at radius 1 is 1.06 bits per heavy atom. The second-order valence-corrected chi connectivity index (χ2v) is 3.78. The number of nitrogens with two attached hydrogens (primary N) is 1. The van der Waals surface area contributed by atoms with Gasteiger partial charge in [0.2, 0.25) is 5.78 Å². The predicted octanol–water partition coefficient (Wildman–Crippen LogP) is 1.40. The van der Waals surface area contributed by atoms with Crippen LogP contribution in [0.15, 0.2) is 47.7 Å². The van der Waals surface area contributed by atoms with Gasteiger partial charge >= 0.3 is 0 Å². The Morgan fingerprint density at radius 2 is 1.88 bits per heavy atom. The second kappa shape index (κ2) is 3.18. The largest absolute Gasteiger partial charge is 0.321 e. The molecule has 0 saturated carbocycles. The molecule has 1 aromatic carbocycles. The smallest absolute Gasteiger partial charge is 0.210 e. The van der Waals surface area contributed by atoms with E-state index in [1.54, 1.807) is 6.08 Å². The maximum absolute atomic E-state index is 12.0. The molecule has 0 bridgehead atoms.